The molecule has 2 aromatic rings. The van der Waals surface area contributed by atoms with Crippen molar-refractivity contribution in [2.24, 2.45) is 0 Å². The molecule has 0 unspecified atom stereocenters. The summed E-state index contributed by atoms with van der Waals surface area (Å²) in [7, 11) is 0. The van der Waals surface area contributed by atoms with E-state index in [9.17, 15) is 9.59 Å². The fraction of sp³-hybridized carbons (Fsp3) is 0.318. The quantitative estimate of drug-likeness (QED) is 0.0845. The minimum absolute atomic E-state index is 0.164. The summed E-state index contributed by atoms with van der Waals surface area (Å²) >= 11 is 16.1. The zero-order valence-corrected chi connectivity index (χ0v) is 20.2. The largest absolute Gasteiger partial charge is 0.494 e. The van der Waals surface area contributed by atoms with Gasteiger partial charge in [-0.1, -0.05) is 23.2 Å². The summed E-state index contributed by atoms with van der Waals surface area (Å²) in [6, 6.07) is 8.72. The molecule has 0 aromatic heterocycles. The van der Waals surface area contributed by atoms with Crippen LogP contribution in [0.5, 0.6) is 5.75 Å². The first-order chi connectivity index (χ1) is 15.1. The van der Waals surface area contributed by atoms with Gasteiger partial charge in [-0.25, -0.2) is 4.79 Å². The van der Waals surface area contributed by atoms with E-state index in [2.05, 4.69) is 18.2 Å². The summed E-state index contributed by atoms with van der Waals surface area (Å²) in [5, 5.41) is 3.14. The average Bonchev–Trinajstić information content (AvgIpc) is 2.71. The Morgan fingerprint density at radius 1 is 1.28 bits per heavy atom. The highest BCUT2D eigenvalue weighted by atomic mass is 35.5. The van der Waals surface area contributed by atoms with Crippen LogP contribution in [-0.2, 0) is 14.6 Å². The first-order valence-electron chi connectivity index (χ1n) is 9.84. The molecule has 2 aromatic carbocycles. The molecular weight excluding hydrogens is 475 g/mol. The van der Waals surface area contributed by atoms with Gasteiger partial charge in [0.25, 0.3) is 5.69 Å². The number of Topliss-reactive ketones (excluding diaryl/α,β-unsaturated/α-hetero) is 1. The van der Waals surface area contributed by atoms with E-state index in [1.54, 1.807) is 24.4 Å². The van der Waals surface area contributed by atoms with E-state index in [-0.39, 0.29) is 21.4 Å². The summed E-state index contributed by atoms with van der Waals surface area (Å²) in [5.74, 6) is 0.389. The van der Waals surface area contributed by atoms with Gasteiger partial charge in [0, 0.05) is 28.9 Å². The van der Waals surface area contributed by atoms with Crippen LogP contribution in [0.25, 0.3) is 0 Å². The standard InChI is InChI=1S/C22H22Cl2N2O5S/c1-13(27)19-18(9-8-16(23)20(19)24)26(31-32)10-4-5-11-29-14-6-7-15-17(12-14)25-21(28)30-22(15,2)3/h6-10,12H,4-5,11H2,1-3H3,(H-,25,28,32)/p+1. The molecule has 0 saturated heterocycles. The smallest absolute Gasteiger partial charge is 0.412 e. The van der Waals surface area contributed by atoms with E-state index in [1.165, 1.54) is 11.7 Å². The van der Waals surface area contributed by atoms with E-state index >= 15 is 0 Å². The van der Waals surface area contributed by atoms with Gasteiger partial charge in [-0.15, -0.1) is 0 Å². The molecule has 32 heavy (non-hydrogen) atoms. The Hall–Kier alpha value is -2.42. The predicted molar refractivity (Wildman–Crippen MR) is 127 cm³/mol. The Labute approximate surface area is 201 Å². The number of hydrogen-bond donors (Lipinski definition) is 2. The van der Waals surface area contributed by atoms with Crippen molar-refractivity contribution in [3.05, 3.63) is 51.5 Å². The Kier molecular flexibility index (Phi) is 7.59. The van der Waals surface area contributed by atoms with E-state index in [1.807, 2.05) is 26.0 Å². The van der Waals surface area contributed by atoms with Crippen molar-refractivity contribution in [3.8, 4) is 5.75 Å². The molecular formula is C22H23Cl2N2O5S+. The molecule has 170 valence electrons. The van der Waals surface area contributed by atoms with E-state index in [0.29, 0.717) is 36.6 Å². The molecule has 0 spiro atoms. The maximum atomic E-state index is 12.0. The van der Waals surface area contributed by atoms with Gasteiger partial charge in [-0.3, -0.25) is 10.1 Å². The second-order valence-corrected chi connectivity index (χ2v) is 8.57. The number of ether oxygens (including phenoxy) is 2. The molecule has 0 radical (unpaired) electrons. The van der Waals surface area contributed by atoms with Crippen LogP contribution < -0.4 is 10.1 Å². The highest BCUT2D eigenvalue weighted by Gasteiger charge is 2.33. The lowest BCUT2D eigenvalue weighted by Crippen LogP contribution is -2.34. The second-order valence-electron chi connectivity index (χ2n) is 7.62. The van der Waals surface area contributed by atoms with Crippen molar-refractivity contribution in [1.82, 2.24) is 0 Å². The number of rotatable bonds is 8. The second kappa shape index (κ2) is 10.0. The monoisotopic (exact) mass is 497 g/mol. The first kappa shape index (κ1) is 24.2. The zero-order chi connectivity index (χ0) is 23.5. The van der Waals surface area contributed by atoms with Gasteiger partial charge in [0.05, 0.1) is 22.3 Å². The van der Waals surface area contributed by atoms with Gasteiger partial charge in [0.15, 0.2) is 5.78 Å². The fourth-order valence-corrected chi connectivity index (χ4v) is 3.99. The summed E-state index contributed by atoms with van der Waals surface area (Å²) in [6.07, 6.45) is 2.46. The van der Waals surface area contributed by atoms with Crippen LogP contribution in [0.2, 0.25) is 10.0 Å². The normalized spacial score (nSPS) is 14.8. The molecule has 0 bridgehead atoms. The van der Waals surface area contributed by atoms with Crippen molar-refractivity contribution in [2.75, 3.05) is 11.9 Å². The molecule has 7 nitrogen and oxygen atoms in total. The number of ketones is 1. The van der Waals surface area contributed by atoms with Crippen molar-refractivity contribution in [3.63, 3.8) is 0 Å². The Bertz CT molecular complexity index is 1090. The summed E-state index contributed by atoms with van der Waals surface area (Å²) in [5.41, 5.74) is 1.54. The SMILES string of the molecule is CC(=O)c1c([N+](=CCCCOc2ccc3c(c2)NC(=O)OC3(C)C)OS)ccc(Cl)c1Cl. The topological polar surface area (TPSA) is 76.9 Å². The molecule has 1 aliphatic rings. The van der Waals surface area contributed by atoms with Gasteiger partial charge >= 0.3 is 6.09 Å². The number of amides is 1. The molecule has 0 fully saturated rings. The third-order valence-corrected chi connectivity index (χ3v) is 5.87. The number of unbranched alkanes of at least 4 members (excludes halogenated alkanes) is 1. The average molecular weight is 498 g/mol. The summed E-state index contributed by atoms with van der Waals surface area (Å²) in [6.45, 7) is 5.49. The molecule has 0 atom stereocenters. The van der Waals surface area contributed by atoms with Crippen LogP contribution in [0.4, 0.5) is 16.2 Å². The van der Waals surface area contributed by atoms with Crippen LogP contribution in [-0.4, -0.2) is 29.4 Å². The number of nitrogens with zero attached hydrogens (tertiary/aromatic N) is 1. The number of carbonyl (C=O) groups is 2. The number of cyclic esters (lactones) is 1. The number of carbonyl (C=O) groups excluding carboxylic acids is 2. The molecule has 1 heterocycles. The van der Waals surface area contributed by atoms with Crippen molar-refractivity contribution in [1.29, 1.82) is 0 Å². The minimum atomic E-state index is -0.704. The minimum Gasteiger partial charge on any atom is -0.494 e. The number of halogens is 2. The van der Waals surface area contributed by atoms with Crippen molar-refractivity contribution in [2.45, 2.75) is 39.2 Å². The van der Waals surface area contributed by atoms with Gasteiger partial charge in [-0.2, -0.15) is 4.28 Å². The third-order valence-electron chi connectivity index (χ3n) is 4.89. The Morgan fingerprint density at radius 3 is 2.72 bits per heavy atom. The number of thiol groups is 1. The molecule has 0 aliphatic carbocycles. The number of anilines is 1. The van der Waals surface area contributed by atoms with Gasteiger partial charge in [0.2, 0.25) is 6.21 Å². The van der Waals surface area contributed by atoms with Crippen LogP contribution in [0, 0.1) is 0 Å². The molecule has 10 heteroatoms. The Balaban J connectivity index is 1.64. The summed E-state index contributed by atoms with van der Waals surface area (Å²) < 4.78 is 17.6. The van der Waals surface area contributed by atoms with Crippen LogP contribution in [0.1, 0.15) is 49.5 Å². The first-order valence-corrected chi connectivity index (χ1v) is 11.0. The number of fused-ring (bicyclic) bond motifs is 1. The highest BCUT2D eigenvalue weighted by Crippen LogP contribution is 2.37. The number of hydrogen-bond acceptors (Lipinski definition) is 6. The maximum Gasteiger partial charge on any atom is 0.412 e. The van der Waals surface area contributed by atoms with Crippen LogP contribution >= 0.6 is 36.1 Å². The lowest BCUT2D eigenvalue weighted by Gasteiger charge is -2.32. The van der Waals surface area contributed by atoms with Crippen molar-refractivity contribution < 1.29 is 28.1 Å². The fourth-order valence-electron chi connectivity index (χ4n) is 3.38. The maximum absolute atomic E-state index is 12.0. The number of nitrogens with one attached hydrogen (secondary N) is 1. The summed E-state index contributed by atoms with van der Waals surface area (Å²) in [4.78, 5) is 23.8. The van der Waals surface area contributed by atoms with Gasteiger partial charge in [-0.05, 0) is 45.4 Å². The predicted octanol–water partition coefficient (Wildman–Crippen LogP) is 6.34. The Morgan fingerprint density at radius 2 is 2.03 bits per heavy atom. The molecule has 3 rings (SSSR count). The van der Waals surface area contributed by atoms with E-state index in [4.69, 9.17) is 37.0 Å². The molecule has 1 N–H and O–H groups in total. The van der Waals surface area contributed by atoms with E-state index in [0.717, 1.165) is 5.56 Å². The van der Waals surface area contributed by atoms with Crippen molar-refractivity contribution >= 4 is 65.6 Å². The van der Waals surface area contributed by atoms with Crippen LogP contribution in [0.3, 0.4) is 0 Å². The number of benzene rings is 2. The van der Waals surface area contributed by atoms with Gasteiger partial charge < -0.3 is 9.47 Å². The lowest BCUT2D eigenvalue weighted by atomic mass is 9.95. The zero-order valence-electron chi connectivity index (χ0n) is 17.8. The van der Waals surface area contributed by atoms with E-state index < -0.39 is 11.7 Å². The lowest BCUT2D eigenvalue weighted by molar-refractivity contribution is -0.672. The van der Waals surface area contributed by atoms with Gasteiger partial charge in [0.1, 0.15) is 29.8 Å². The van der Waals surface area contributed by atoms with Crippen LogP contribution in [0.15, 0.2) is 30.3 Å². The third kappa shape index (κ3) is 5.31. The molecule has 1 aliphatic heterocycles. The highest BCUT2D eigenvalue weighted by molar-refractivity contribution is 7.74. The molecule has 1 amide bonds. The molecule has 0 saturated carbocycles.